The maximum absolute atomic E-state index is 12.5. The lowest BCUT2D eigenvalue weighted by Crippen LogP contribution is -2.29. The molecule has 148 valence electrons. The first kappa shape index (κ1) is 20.1. The van der Waals surface area contributed by atoms with E-state index >= 15 is 0 Å². The number of rotatable bonds is 7. The van der Waals surface area contributed by atoms with E-state index in [9.17, 15) is 4.79 Å². The average Bonchev–Trinajstić information content (AvgIpc) is 2.70. The third-order valence-corrected chi connectivity index (χ3v) is 6.40. The lowest BCUT2D eigenvalue weighted by atomic mass is 9.80. The van der Waals surface area contributed by atoms with E-state index in [1.807, 2.05) is 6.08 Å². The summed E-state index contributed by atoms with van der Waals surface area (Å²) in [5.74, 6) is 1.49. The molecule has 2 aliphatic carbocycles. The van der Waals surface area contributed by atoms with Crippen LogP contribution < -0.4 is 0 Å². The zero-order chi connectivity index (χ0) is 19.1. The van der Waals surface area contributed by atoms with E-state index in [2.05, 4.69) is 30.8 Å². The summed E-state index contributed by atoms with van der Waals surface area (Å²) in [6.45, 7) is 4.49. The van der Waals surface area contributed by atoms with Crippen LogP contribution in [-0.4, -0.2) is 19.2 Å². The molecule has 0 atom stereocenters. The van der Waals surface area contributed by atoms with Gasteiger partial charge in [-0.05, 0) is 80.8 Å². The van der Waals surface area contributed by atoms with Gasteiger partial charge in [0.15, 0.2) is 0 Å². The van der Waals surface area contributed by atoms with E-state index in [-0.39, 0.29) is 18.0 Å². The molecule has 3 nitrogen and oxygen atoms in total. The summed E-state index contributed by atoms with van der Waals surface area (Å²) < 4.78 is 11.1. The normalized spacial score (nSPS) is 28.5. The van der Waals surface area contributed by atoms with Gasteiger partial charge in [0, 0.05) is 7.11 Å². The number of esters is 1. The van der Waals surface area contributed by atoms with Crippen molar-refractivity contribution >= 4 is 5.97 Å². The van der Waals surface area contributed by atoms with Crippen LogP contribution in [0.4, 0.5) is 0 Å². The predicted molar refractivity (Wildman–Crippen MR) is 109 cm³/mol. The first-order valence-corrected chi connectivity index (χ1v) is 10.6. The highest BCUT2D eigenvalue weighted by atomic mass is 16.5. The zero-order valence-corrected chi connectivity index (χ0v) is 16.7. The highest BCUT2D eigenvalue weighted by Crippen LogP contribution is 2.36. The molecule has 2 aliphatic rings. The summed E-state index contributed by atoms with van der Waals surface area (Å²) in [4.78, 5) is 12.5. The lowest BCUT2D eigenvalue weighted by Gasteiger charge is -2.31. The van der Waals surface area contributed by atoms with Gasteiger partial charge in [-0.15, -0.1) is 6.58 Å². The minimum absolute atomic E-state index is 0.0550. The Morgan fingerprint density at radius 2 is 1.70 bits per heavy atom. The van der Waals surface area contributed by atoms with E-state index < -0.39 is 0 Å². The molecule has 0 bridgehead atoms. The van der Waals surface area contributed by atoms with Crippen LogP contribution in [0, 0.1) is 11.8 Å². The molecule has 0 saturated heterocycles. The van der Waals surface area contributed by atoms with Gasteiger partial charge in [-0.3, -0.25) is 4.79 Å². The molecule has 3 heteroatoms. The number of hydrogen-bond acceptors (Lipinski definition) is 3. The van der Waals surface area contributed by atoms with E-state index in [4.69, 9.17) is 9.47 Å². The molecule has 2 fully saturated rings. The molecule has 1 aromatic rings. The molecule has 27 heavy (non-hydrogen) atoms. The van der Waals surface area contributed by atoms with E-state index in [0.29, 0.717) is 12.5 Å². The molecule has 2 saturated carbocycles. The standard InChI is InChI=1S/C24H34O3/c1-3-4-18-5-11-22(12-6-18)24(25)27-23-15-13-21(14-16-23)20-9-7-19(8-10-20)17-26-2/h3,7-10,18,21-23H,1,4-6,11-17H2,2H3/t18-,21?,22-,23?. The summed E-state index contributed by atoms with van der Waals surface area (Å²) in [6.07, 6.45) is 11.6. The Balaban J connectivity index is 1.41. The van der Waals surface area contributed by atoms with Gasteiger partial charge < -0.3 is 9.47 Å². The molecule has 1 aromatic carbocycles. The van der Waals surface area contributed by atoms with Crippen LogP contribution in [0.3, 0.4) is 0 Å². The number of hydrogen-bond donors (Lipinski definition) is 0. The average molecular weight is 371 g/mol. The second-order valence-corrected chi connectivity index (χ2v) is 8.33. The minimum Gasteiger partial charge on any atom is -0.462 e. The summed E-state index contributed by atoms with van der Waals surface area (Å²) in [5, 5.41) is 0. The molecule has 0 aliphatic heterocycles. The molecule has 0 radical (unpaired) electrons. The van der Waals surface area contributed by atoms with Crippen molar-refractivity contribution < 1.29 is 14.3 Å². The molecule has 0 aromatic heterocycles. The van der Waals surface area contributed by atoms with Crippen molar-refractivity contribution in [3.05, 3.63) is 48.0 Å². The van der Waals surface area contributed by atoms with Crippen molar-refractivity contribution in [1.82, 2.24) is 0 Å². The number of benzene rings is 1. The van der Waals surface area contributed by atoms with E-state index in [1.165, 1.54) is 11.1 Å². The Bertz CT molecular complexity index is 591. The van der Waals surface area contributed by atoms with Crippen LogP contribution in [-0.2, 0) is 20.9 Å². The molecule has 3 rings (SSSR count). The van der Waals surface area contributed by atoms with E-state index in [1.54, 1.807) is 7.11 Å². The van der Waals surface area contributed by atoms with Crippen molar-refractivity contribution in [3.8, 4) is 0 Å². The van der Waals surface area contributed by atoms with Gasteiger partial charge in [0.1, 0.15) is 6.10 Å². The first-order chi connectivity index (χ1) is 13.2. The fourth-order valence-electron chi connectivity index (χ4n) is 4.70. The minimum atomic E-state index is 0.0550. The van der Waals surface area contributed by atoms with Gasteiger partial charge in [-0.2, -0.15) is 0 Å². The molecule has 0 spiro atoms. The zero-order valence-electron chi connectivity index (χ0n) is 16.7. The summed E-state index contributed by atoms with van der Waals surface area (Å²) in [6, 6.07) is 8.78. The number of carbonyl (C=O) groups is 1. The topological polar surface area (TPSA) is 35.5 Å². The van der Waals surface area contributed by atoms with Crippen molar-refractivity contribution in [3.63, 3.8) is 0 Å². The van der Waals surface area contributed by atoms with Crippen LogP contribution in [0.2, 0.25) is 0 Å². The van der Waals surface area contributed by atoms with Gasteiger partial charge >= 0.3 is 5.97 Å². The quantitative estimate of drug-likeness (QED) is 0.450. The van der Waals surface area contributed by atoms with Crippen molar-refractivity contribution in [1.29, 1.82) is 0 Å². The SMILES string of the molecule is C=CC[C@H]1CC[C@H](C(=O)OC2CCC(c3ccc(COC)cc3)CC2)CC1. The number of carbonyl (C=O) groups excluding carboxylic acids is 1. The van der Waals surface area contributed by atoms with Crippen LogP contribution >= 0.6 is 0 Å². The number of methoxy groups -OCH3 is 1. The maximum Gasteiger partial charge on any atom is 0.309 e. The second-order valence-electron chi connectivity index (χ2n) is 8.33. The summed E-state index contributed by atoms with van der Waals surface area (Å²) in [5.41, 5.74) is 2.62. The summed E-state index contributed by atoms with van der Waals surface area (Å²) >= 11 is 0. The van der Waals surface area contributed by atoms with Crippen LogP contribution in [0.1, 0.15) is 74.8 Å². The fraction of sp³-hybridized carbons (Fsp3) is 0.625. The molecular weight excluding hydrogens is 336 g/mol. The first-order valence-electron chi connectivity index (χ1n) is 10.6. The van der Waals surface area contributed by atoms with Crippen molar-refractivity contribution in [2.24, 2.45) is 11.8 Å². The Morgan fingerprint density at radius 1 is 1.04 bits per heavy atom. The highest BCUT2D eigenvalue weighted by molar-refractivity contribution is 5.72. The third-order valence-electron chi connectivity index (χ3n) is 6.40. The fourth-order valence-corrected chi connectivity index (χ4v) is 4.70. The van der Waals surface area contributed by atoms with Crippen LogP contribution in [0.15, 0.2) is 36.9 Å². The van der Waals surface area contributed by atoms with Crippen LogP contribution in [0.5, 0.6) is 0 Å². The largest absolute Gasteiger partial charge is 0.462 e. The Morgan fingerprint density at radius 3 is 2.30 bits per heavy atom. The Hall–Kier alpha value is -1.61. The highest BCUT2D eigenvalue weighted by Gasteiger charge is 2.30. The third kappa shape index (κ3) is 5.68. The smallest absolute Gasteiger partial charge is 0.309 e. The molecule has 0 amide bonds. The predicted octanol–water partition coefficient (Wildman–Crippen LogP) is 5.78. The lowest BCUT2D eigenvalue weighted by molar-refractivity contribution is -0.157. The number of ether oxygens (including phenoxy) is 2. The summed E-state index contributed by atoms with van der Waals surface area (Å²) in [7, 11) is 1.73. The van der Waals surface area contributed by atoms with Gasteiger partial charge in [0.25, 0.3) is 0 Å². The van der Waals surface area contributed by atoms with Gasteiger partial charge in [-0.25, -0.2) is 0 Å². The van der Waals surface area contributed by atoms with Gasteiger partial charge in [-0.1, -0.05) is 30.3 Å². The van der Waals surface area contributed by atoms with Crippen LogP contribution in [0.25, 0.3) is 0 Å². The van der Waals surface area contributed by atoms with Gasteiger partial charge in [0.05, 0.1) is 12.5 Å². The number of allylic oxidation sites excluding steroid dienone is 1. The molecule has 0 unspecified atom stereocenters. The van der Waals surface area contributed by atoms with E-state index in [0.717, 1.165) is 63.7 Å². The maximum atomic E-state index is 12.5. The second kappa shape index (κ2) is 10.1. The van der Waals surface area contributed by atoms with Gasteiger partial charge in [0.2, 0.25) is 0 Å². The molecule has 0 heterocycles. The Labute approximate surface area is 164 Å². The van der Waals surface area contributed by atoms with Crippen molar-refractivity contribution in [2.45, 2.75) is 76.4 Å². The molecule has 0 N–H and O–H groups in total. The molecular formula is C24H34O3. The Kier molecular flexibility index (Phi) is 7.51. The van der Waals surface area contributed by atoms with Crippen molar-refractivity contribution in [2.75, 3.05) is 7.11 Å². The monoisotopic (exact) mass is 370 g/mol.